The summed E-state index contributed by atoms with van der Waals surface area (Å²) in [4.78, 5) is 15.7. The zero-order valence-electron chi connectivity index (χ0n) is 11.4. The zero-order valence-corrected chi connectivity index (χ0v) is 11.4. The van der Waals surface area contributed by atoms with Gasteiger partial charge in [0.25, 0.3) is 0 Å². The average molecular weight is 276 g/mol. The molecule has 0 aliphatic carbocycles. The molecule has 0 spiro atoms. The highest BCUT2D eigenvalue weighted by atomic mass is 19.1. The van der Waals surface area contributed by atoms with Crippen LogP contribution in [0.25, 0.3) is 0 Å². The van der Waals surface area contributed by atoms with Gasteiger partial charge in [0.2, 0.25) is 5.91 Å². The van der Waals surface area contributed by atoms with Crippen molar-refractivity contribution < 1.29 is 13.6 Å². The maximum absolute atomic E-state index is 12.7. The molecule has 5 heteroatoms. The van der Waals surface area contributed by atoms with Gasteiger partial charge in [-0.2, -0.15) is 0 Å². The molecule has 0 radical (unpaired) electrons. The minimum absolute atomic E-state index is 0.0300. The van der Waals surface area contributed by atoms with E-state index in [-0.39, 0.29) is 11.7 Å². The number of hydrogen-bond donors (Lipinski definition) is 1. The fraction of sp³-hybridized carbons (Fsp3) is 0.333. The van der Waals surface area contributed by atoms with E-state index < -0.39 is 0 Å². The summed E-state index contributed by atoms with van der Waals surface area (Å²) in [5, 5.41) is 2.81. The Kier molecular flexibility index (Phi) is 4.87. The number of carbonyl (C=O) groups excluding carboxylic acids is 1. The first-order valence-electron chi connectivity index (χ1n) is 6.56. The maximum Gasteiger partial charge on any atom is 0.220 e. The molecule has 20 heavy (non-hydrogen) atoms. The van der Waals surface area contributed by atoms with Crippen LogP contribution in [0.5, 0.6) is 0 Å². The third-order valence-corrected chi connectivity index (χ3v) is 2.88. The van der Waals surface area contributed by atoms with Crippen LogP contribution in [0.4, 0.5) is 4.39 Å². The van der Waals surface area contributed by atoms with Gasteiger partial charge < -0.3 is 9.73 Å². The first kappa shape index (κ1) is 14.2. The van der Waals surface area contributed by atoms with E-state index in [1.165, 1.54) is 12.1 Å². The number of aromatic nitrogens is 1. The maximum atomic E-state index is 12.7. The Hall–Kier alpha value is -2.17. The summed E-state index contributed by atoms with van der Waals surface area (Å²) in [5.74, 6) is 1.10. The highest BCUT2D eigenvalue weighted by molar-refractivity contribution is 5.76. The number of rotatable bonds is 6. The van der Waals surface area contributed by atoms with Gasteiger partial charge in [-0.1, -0.05) is 12.1 Å². The number of nitrogens with zero attached hydrogens (tertiary/aromatic N) is 1. The van der Waals surface area contributed by atoms with E-state index in [2.05, 4.69) is 10.3 Å². The average Bonchev–Trinajstić information content (AvgIpc) is 2.84. The van der Waals surface area contributed by atoms with E-state index >= 15 is 0 Å². The third kappa shape index (κ3) is 4.50. The predicted molar refractivity (Wildman–Crippen MR) is 72.7 cm³/mol. The van der Waals surface area contributed by atoms with Crippen molar-refractivity contribution in [1.29, 1.82) is 0 Å². The molecular formula is C15H17FN2O2. The van der Waals surface area contributed by atoms with Gasteiger partial charge in [0.05, 0.1) is 6.20 Å². The SMILES string of the molecule is Cc1cnc(CCNC(=O)CCc2ccc(F)cc2)o1. The van der Waals surface area contributed by atoms with Gasteiger partial charge in [0.15, 0.2) is 5.89 Å². The van der Waals surface area contributed by atoms with Crippen molar-refractivity contribution in [1.82, 2.24) is 10.3 Å². The van der Waals surface area contributed by atoms with Gasteiger partial charge >= 0.3 is 0 Å². The normalized spacial score (nSPS) is 10.5. The molecular weight excluding hydrogens is 259 g/mol. The van der Waals surface area contributed by atoms with Crippen LogP contribution in [0.2, 0.25) is 0 Å². The second kappa shape index (κ2) is 6.84. The Balaban J connectivity index is 1.66. The van der Waals surface area contributed by atoms with Gasteiger partial charge in [-0.15, -0.1) is 0 Å². The van der Waals surface area contributed by atoms with Crippen molar-refractivity contribution in [3.63, 3.8) is 0 Å². The van der Waals surface area contributed by atoms with E-state index in [0.29, 0.717) is 31.7 Å². The first-order chi connectivity index (χ1) is 9.63. The molecule has 2 rings (SSSR count). The molecule has 1 aromatic carbocycles. The molecule has 0 unspecified atom stereocenters. The molecule has 0 atom stereocenters. The fourth-order valence-corrected chi connectivity index (χ4v) is 1.82. The highest BCUT2D eigenvalue weighted by Gasteiger charge is 2.04. The summed E-state index contributed by atoms with van der Waals surface area (Å²) in [5.41, 5.74) is 0.949. The summed E-state index contributed by atoms with van der Waals surface area (Å²) >= 11 is 0. The van der Waals surface area contributed by atoms with E-state index in [0.717, 1.165) is 11.3 Å². The molecule has 0 saturated heterocycles. The zero-order chi connectivity index (χ0) is 14.4. The van der Waals surface area contributed by atoms with Crippen LogP contribution in [-0.4, -0.2) is 17.4 Å². The lowest BCUT2D eigenvalue weighted by atomic mass is 10.1. The predicted octanol–water partition coefficient (Wildman–Crippen LogP) is 2.41. The van der Waals surface area contributed by atoms with Crippen LogP contribution >= 0.6 is 0 Å². The summed E-state index contributed by atoms with van der Waals surface area (Å²) in [7, 11) is 0. The Labute approximate surface area is 117 Å². The highest BCUT2D eigenvalue weighted by Crippen LogP contribution is 2.05. The summed E-state index contributed by atoms with van der Waals surface area (Å²) in [6, 6.07) is 6.19. The van der Waals surface area contributed by atoms with E-state index in [4.69, 9.17) is 4.42 Å². The van der Waals surface area contributed by atoms with Crippen LogP contribution < -0.4 is 5.32 Å². The summed E-state index contributed by atoms with van der Waals surface area (Å²) in [6.07, 6.45) is 3.22. The first-order valence-corrected chi connectivity index (χ1v) is 6.56. The molecule has 0 saturated carbocycles. The van der Waals surface area contributed by atoms with Crippen molar-refractivity contribution in [2.45, 2.75) is 26.2 Å². The second-order valence-corrected chi connectivity index (χ2v) is 4.59. The quantitative estimate of drug-likeness (QED) is 0.881. The number of oxazole rings is 1. The van der Waals surface area contributed by atoms with Gasteiger partial charge in [-0.3, -0.25) is 4.79 Å². The molecule has 0 aliphatic heterocycles. The molecule has 2 aromatic rings. The van der Waals surface area contributed by atoms with E-state index in [1.807, 2.05) is 6.92 Å². The molecule has 1 heterocycles. The standard InChI is InChI=1S/C15H17FN2O2/c1-11-10-18-15(20-11)8-9-17-14(19)7-4-12-2-5-13(16)6-3-12/h2-3,5-6,10H,4,7-9H2,1H3,(H,17,19). The molecule has 0 aliphatic rings. The second-order valence-electron chi connectivity index (χ2n) is 4.59. The lowest BCUT2D eigenvalue weighted by Gasteiger charge is -2.04. The Bertz CT molecular complexity index is 564. The molecule has 1 N–H and O–H groups in total. The smallest absolute Gasteiger partial charge is 0.220 e. The fourth-order valence-electron chi connectivity index (χ4n) is 1.82. The Morgan fingerprint density at radius 2 is 2.05 bits per heavy atom. The van der Waals surface area contributed by atoms with Crippen LogP contribution in [0, 0.1) is 12.7 Å². The topological polar surface area (TPSA) is 55.1 Å². The number of halogens is 1. The van der Waals surface area contributed by atoms with Crippen molar-refractivity contribution in [2.75, 3.05) is 6.54 Å². The Morgan fingerprint density at radius 1 is 1.30 bits per heavy atom. The van der Waals surface area contributed by atoms with Crippen molar-refractivity contribution in [3.05, 3.63) is 53.5 Å². The van der Waals surface area contributed by atoms with Crippen LogP contribution in [0.3, 0.4) is 0 Å². The molecule has 4 nitrogen and oxygen atoms in total. The van der Waals surface area contributed by atoms with Crippen molar-refractivity contribution in [3.8, 4) is 0 Å². The largest absolute Gasteiger partial charge is 0.446 e. The van der Waals surface area contributed by atoms with Crippen molar-refractivity contribution in [2.24, 2.45) is 0 Å². The van der Waals surface area contributed by atoms with E-state index in [1.54, 1.807) is 18.3 Å². The van der Waals surface area contributed by atoms with Crippen LogP contribution in [-0.2, 0) is 17.6 Å². The van der Waals surface area contributed by atoms with Gasteiger partial charge in [0, 0.05) is 19.4 Å². The summed E-state index contributed by atoms with van der Waals surface area (Å²) in [6.45, 7) is 2.33. The lowest BCUT2D eigenvalue weighted by molar-refractivity contribution is -0.121. The lowest BCUT2D eigenvalue weighted by Crippen LogP contribution is -2.25. The third-order valence-electron chi connectivity index (χ3n) is 2.88. The van der Waals surface area contributed by atoms with Crippen LogP contribution in [0.15, 0.2) is 34.9 Å². The number of aryl methyl sites for hydroxylation is 2. The molecule has 106 valence electrons. The van der Waals surface area contributed by atoms with Gasteiger partial charge in [-0.25, -0.2) is 9.37 Å². The minimum Gasteiger partial charge on any atom is -0.446 e. The van der Waals surface area contributed by atoms with Crippen LogP contribution in [0.1, 0.15) is 23.6 Å². The number of hydrogen-bond acceptors (Lipinski definition) is 3. The number of nitrogens with one attached hydrogen (secondary N) is 1. The van der Waals surface area contributed by atoms with E-state index in [9.17, 15) is 9.18 Å². The molecule has 1 amide bonds. The van der Waals surface area contributed by atoms with Gasteiger partial charge in [0.1, 0.15) is 11.6 Å². The number of carbonyl (C=O) groups is 1. The number of amides is 1. The molecule has 1 aromatic heterocycles. The monoisotopic (exact) mass is 276 g/mol. The Morgan fingerprint density at radius 3 is 2.70 bits per heavy atom. The number of benzene rings is 1. The van der Waals surface area contributed by atoms with Gasteiger partial charge in [-0.05, 0) is 31.0 Å². The summed E-state index contributed by atoms with van der Waals surface area (Å²) < 4.78 is 18.0. The molecule has 0 bridgehead atoms. The minimum atomic E-state index is -0.264. The molecule has 0 fully saturated rings. The van der Waals surface area contributed by atoms with Crippen molar-refractivity contribution >= 4 is 5.91 Å².